The first kappa shape index (κ1) is 12.7. The van der Waals surface area contributed by atoms with Gasteiger partial charge in [0.25, 0.3) is 0 Å². The number of hydrogen-bond donors (Lipinski definition) is 1. The molecule has 100 valence electrons. The fourth-order valence-electron chi connectivity index (χ4n) is 3.38. The van der Waals surface area contributed by atoms with E-state index >= 15 is 0 Å². The van der Waals surface area contributed by atoms with Crippen LogP contribution in [0.4, 0.5) is 0 Å². The molecule has 0 spiro atoms. The van der Waals surface area contributed by atoms with Gasteiger partial charge >= 0.3 is 0 Å². The summed E-state index contributed by atoms with van der Waals surface area (Å²) in [5, 5.41) is 8.91. The molecule has 1 aliphatic heterocycles. The topological polar surface area (TPSA) is 53.1 Å². The normalized spacial score (nSPS) is 28.0. The van der Waals surface area contributed by atoms with Crippen LogP contribution < -0.4 is 5.73 Å². The molecule has 2 fully saturated rings. The average Bonchev–Trinajstić information content (AvgIpc) is 3.31. The average molecular weight is 255 g/mol. The lowest BCUT2D eigenvalue weighted by Crippen LogP contribution is -2.42. The Balaban J connectivity index is 1.89. The first-order valence-corrected chi connectivity index (χ1v) is 7.29. The number of nitrogens with two attached hydrogens (primary N) is 1. The third-order valence-electron chi connectivity index (χ3n) is 4.49. The van der Waals surface area contributed by atoms with Gasteiger partial charge in [-0.05, 0) is 62.4 Å². The molecule has 3 heteroatoms. The monoisotopic (exact) mass is 255 g/mol. The fraction of sp³-hybridized carbons (Fsp3) is 0.562. The molecule has 3 rings (SSSR count). The summed E-state index contributed by atoms with van der Waals surface area (Å²) in [6, 6.07) is 11.5. The number of nitrogens with zero attached hydrogens (tertiary/aromatic N) is 2. The van der Waals surface area contributed by atoms with E-state index in [0.29, 0.717) is 12.0 Å². The van der Waals surface area contributed by atoms with Crippen molar-refractivity contribution in [3.05, 3.63) is 35.4 Å². The van der Waals surface area contributed by atoms with Gasteiger partial charge in [0.05, 0.1) is 11.6 Å². The Morgan fingerprint density at radius 1 is 1.21 bits per heavy atom. The van der Waals surface area contributed by atoms with Crippen LogP contribution in [0, 0.1) is 17.2 Å². The maximum absolute atomic E-state index is 8.91. The van der Waals surface area contributed by atoms with E-state index in [-0.39, 0.29) is 0 Å². The molecule has 0 amide bonds. The molecule has 2 aliphatic rings. The van der Waals surface area contributed by atoms with E-state index < -0.39 is 0 Å². The highest BCUT2D eigenvalue weighted by Gasteiger charge is 2.39. The maximum Gasteiger partial charge on any atom is 0.0991 e. The summed E-state index contributed by atoms with van der Waals surface area (Å²) < 4.78 is 0. The molecule has 1 saturated carbocycles. The van der Waals surface area contributed by atoms with Crippen molar-refractivity contribution in [2.24, 2.45) is 11.7 Å². The van der Waals surface area contributed by atoms with Crippen molar-refractivity contribution in [3.63, 3.8) is 0 Å². The summed E-state index contributed by atoms with van der Waals surface area (Å²) in [7, 11) is 0. The van der Waals surface area contributed by atoms with E-state index in [4.69, 9.17) is 11.0 Å². The van der Waals surface area contributed by atoms with Crippen molar-refractivity contribution in [3.8, 4) is 6.07 Å². The van der Waals surface area contributed by atoms with Crippen LogP contribution in [0.2, 0.25) is 0 Å². The number of hydrogen-bond acceptors (Lipinski definition) is 3. The molecular weight excluding hydrogens is 234 g/mol. The molecule has 0 bridgehead atoms. The second-order valence-electron chi connectivity index (χ2n) is 5.79. The van der Waals surface area contributed by atoms with E-state index in [0.717, 1.165) is 18.2 Å². The van der Waals surface area contributed by atoms with Crippen molar-refractivity contribution < 1.29 is 0 Å². The number of nitriles is 1. The van der Waals surface area contributed by atoms with Crippen molar-refractivity contribution in [2.45, 2.75) is 37.8 Å². The van der Waals surface area contributed by atoms with Crippen molar-refractivity contribution in [1.29, 1.82) is 5.26 Å². The summed E-state index contributed by atoms with van der Waals surface area (Å²) >= 11 is 0. The minimum absolute atomic E-state index is 0.457. The van der Waals surface area contributed by atoms with Crippen molar-refractivity contribution >= 4 is 0 Å². The molecule has 2 unspecified atom stereocenters. The molecular formula is C16H21N3. The third-order valence-corrected chi connectivity index (χ3v) is 4.49. The molecule has 19 heavy (non-hydrogen) atoms. The van der Waals surface area contributed by atoms with Gasteiger partial charge in [0.1, 0.15) is 0 Å². The molecule has 0 radical (unpaired) electrons. The lowest BCUT2D eigenvalue weighted by atomic mass is 9.84. The lowest BCUT2D eigenvalue weighted by molar-refractivity contribution is 0.0880. The Morgan fingerprint density at radius 3 is 2.53 bits per heavy atom. The van der Waals surface area contributed by atoms with Crippen LogP contribution >= 0.6 is 0 Å². The SMILES string of the molecule is N#Cc1ccc(C2C(CN)CCCN2C2CC2)cc1. The Labute approximate surface area is 115 Å². The van der Waals surface area contributed by atoms with E-state index in [1.807, 2.05) is 12.1 Å². The smallest absolute Gasteiger partial charge is 0.0991 e. The van der Waals surface area contributed by atoms with Crippen LogP contribution in [0.1, 0.15) is 42.9 Å². The van der Waals surface area contributed by atoms with Crippen LogP contribution in [-0.4, -0.2) is 24.0 Å². The Morgan fingerprint density at radius 2 is 1.95 bits per heavy atom. The summed E-state index contributed by atoms with van der Waals surface area (Å²) in [6.07, 6.45) is 5.17. The van der Waals surface area contributed by atoms with Crippen molar-refractivity contribution in [2.75, 3.05) is 13.1 Å². The van der Waals surface area contributed by atoms with Crippen LogP contribution in [0.15, 0.2) is 24.3 Å². The highest BCUT2D eigenvalue weighted by Crippen LogP contribution is 2.42. The van der Waals surface area contributed by atoms with Gasteiger partial charge < -0.3 is 5.73 Å². The van der Waals surface area contributed by atoms with E-state index in [2.05, 4.69) is 23.1 Å². The Bertz CT molecular complexity index is 470. The molecule has 1 aromatic carbocycles. The predicted octanol–water partition coefficient (Wildman–Crippen LogP) is 2.43. The summed E-state index contributed by atoms with van der Waals surface area (Å²) in [6.45, 7) is 1.96. The van der Waals surface area contributed by atoms with Crippen LogP contribution in [0.5, 0.6) is 0 Å². The van der Waals surface area contributed by atoms with Gasteiger partial charge in [-0.2, -0.15) is 5.26 Å². The van der Waals surface area contributed by atoms with Crippen molar-refractivity contribution in [1.82, 2.24) is 4.90 Å². The summed E-state index contributed by atoms with van der Waals surface area (Å²) in [5.74, 6) is 0.558. The van der Waals surface area contributed by atoms with Gasteiger partial charge in [-0.1, -0.05) is 12.1 Å². The minimum Gasteiger partial charge on any atom is -0.330 e. The second-order valence-corrected chi connectivity index (χ2v) is 5.79. The lowest BCUT2D eigenvalue weighted by Gasteiger charge is -2.41. The Kier molecular flexibility index (Phi) is 3.54. The molecule has 1 saturated heterocycles. The quantitative estimate of drug-likeness (QED) is 0.902. The Hall–Kier alpha value is -1.37. The minimum atomic E-state index is 0.457. The van der Waals surface area contributed by atoms with Crippen LogP contribution in [-0.2, 0) is 0 Å². The van der Waals surface area contributed by atoms with E-state index in [1.54, 1.807) is 0 Å². The third kappa shape index (κ3) is 2.51. The number of rotatable bonds is 3. The predicted molar refractivity (Wildman–Crippen MR) is 75.4 cm³/mol. The van der Waals surface area contributed by atoms with Gasteiger partial charge in [-0.15, -0.1) is 0 Å². The maximum atomic E-state index is 8.91. The van der Waals surface area contributed by atoms with Gasteiger partial charge in [0.15, 0.2) is 0 Å². The summed E-state index contributed by atoms with van der Waals surface area (Å²) in [5.41, 5.74) is 8.06. The van der Waals surface area contributed by atoms with E-state index in [9.17, 15) is 0 Å². The largest absolute Gasteiger partial charge is 0.330 e. The van der Waals surface area contributed by atoms with Crippen LogP contribution in [0.25, 0.3) is 0 Å². The molecule has 2 atom stereocenters. The highest BCUT2D eigenvalue weighted by molar-refractivity contribution is 5.33. The molecule has 1 aliphatic carbocycles. The number of piperidine rings is 1. The first-order valence-electron chi connectivity index (χ1n) is 7.29. The molecule has 1 aromatic rings. The number of likely N-dealkylation sites (tertiary alicyclic amines) is 1. The first-order chi connectivity index (χ1) is 9.33. The zero-order valence-corrected chi connectivity index (χ0v) is 11.3. The zero-order chi connectivity index (χ0) is 13.2. The number of benzene rings is 1. The zero-order valence-electron chi connectivity index (χ0n) is 11.3. The summed E-state index contributed by atoms with van der Waals surface area (Å²) in [4.78, 5) is 2.66. The van der Waals surface area contributed by atoms with Crippen LogP contribution in [0.3, 0.4) is 0 Å². The van der Waals surface area contributed by atoms with E-state index in [1.165, 1.54) is 37.8 Å². The van der Waals surface area contributed by atoms with Gasteiger partial charge in [0.2, 0.25) is 0 Å². The second kappa shape index (κ2) is 5.32. The standard InChI is InChI=1S/C16H21N3/c17-10-12-3-5-13(6-4-12)16-14(11-18)2-1-9-19(16)15-7-8-15/h3-6,14-16H,1-2,7-9,11,18H2. The molecule has 2 N–H and O–H groups in total. The molecule has 0 aromatic heterocycles. The highest BCUT2D eigenvalue weighted by atomic mass is 15.2. The molecule has 1 heterocycles. The fourth-order valence-corrected chi connectivity index (χ4v) is 3.38. The van der Waals surface area contributed by atoms with Gasteiger partial charge in [-0.3, -0.25) is 4.90 Å². The van der Waals surface area contributed by atoms with Gasteiger partial charge in [0, 0.05) is 12.1 Å². The molecule has 3 nitrogen and oxygen atoms in total. The van der Waals surface area contributed by atoms with Gasteiger partial charge in [-0.25, -0.2) is 0 Å².